The van der Waals surface area contributed by atoms with Gasteiger partial charge in [0.25, 0.3) is 0 Å². The van der Waals surface area contributed by atoms with Crippen molar-refractivity contribution >= 4 is 17.6 Å². The molecule has 0 aromatic heterocycles. The summed E-state index contributed by atoms with van der Waals surface area (Å²) in [6.45, 7) is 11.7. The van der Waals surface area contributed by atoms with Crippen molar-refractivity contribution in [1.29, 1.82) is 5.41 Å². The van der Waals surface area contributed by atoms with Gasteiger partial charge in [0.15, 0.2) is 0 Å². The van der Waals surface area contributed by atoms with Crippen LogP contribution in [0.15, 0.2) is 40.9 Å². The molecule has 2 aliphatic carbocycles. The van der Waals surface area contributed by atoms with E-state index < -0.39 is 0 Å². The molecule has 1 aromatic rings. The average molecular weight is 440 g/mol. The minimum absolute atomic E-state index is 0.0291. The van der Waals surface area contributed by atoms with Crippen LogP contribution in [0.25, 0.3) is 0 Å². The minimum Gasteiger partial charge on any atom is -0.312 e. The summed E-state index contributed by atoms with van der Waals surface area (Å²) in [6.07, 6.45) is 13.4. The molecule has 2 aliphatic rings. The van der Waals surface area contributed by atoms with Crippen molar-refractivity contribution in [1.82, 2.24) is 4.90 Å². The second-order valence-electron chi connectivity index (χ2n) is 10.0. The van der Waals surface area contributed by atoms with E-state index in [9.17, 15) is 4.39 Å². The topological polar surface area (TPSA) is 39.5 Å². The van der Waals surface area contributed by atoms with Gasteiger partial charge in [0.05, 0.1) is 5.69 Å². The van der Waals surface area contributed by atoms with E-state index in [2.05, 4.69) is 38.7 Å². The molecule has 176 valence electrons. The third-order valence-electron chi connectivity index (χ3n) is 7.75. The lowest BCUT2D eigenvalue weighted by atomic mass is 9.65. The lowest BCUT2D eigenvalue weighted by Crippen LogP contribution is -2.41. The quantitative estimate of drug-likeness (QED) is 0.354. The first-order chi connectivity index (χ1) is 15.4. The molecule has 4 heteroatoms. The first-order valence-corrected chi connectivity index (χ1v) is 12.7. The number of hydrogen-bond acceptors (Lipinski definition) is 3. The van der Waals surface area contributed by atoms with Crippen molar-refractivity contribution in [3.8, 4) is 0 Å². The maximum absolute atomic E-state index is 13.3. The Bertz CT molecular complexity index is 806. The van der Waals surface area contributed by atoms with E-state index in [0.717, 1.165) is 24.2 Å². The second-order valence-corrected chi connectivity index (χ2v) is 10.0. The molecule has 1 aromatic carbocycles. The molecule has 1 saturated carbocycles. The summed E-state index contributed by atoms with van der Waals surface area (Å²) in [5, 5.41) is 8.11. The molecular formula is C28H42FN3. The van der Waals surface area contributed by atoms with E-state index in [1.807, 2.05) is 0 Å². The van der Waals surface area contributed by atoms with Crippen LogP contribution in [0.4, 0.5) is 10.1 Å². The zero-order valence-corrected chi connectivity index (χ0v) is 20.5. The highest BCUT2D eigenvalue weighted by molar-refractivity contribution is 6.07. The van der Waals surface area contributed by atoms with Crippen molar-refractivity contribution in [2.75, 3.05) is 13.1 Å². The summed E-state index contributed by atoms with van der Waals surface area (Å²) in [4.78, 5) is 7.55. The summed E-state index contributed by atoms with van der Waals surface area (Å²) in [5.41, 5.74) is 3.39. The number of benzene rings is 1. The number of nitrogens with one attached hydrogen (secondary N) is 1. The molecule has 0 saturated heterocycles. The Labute approximate surface area is 194 Å². The van der Waals surface area contributed by atoms with E-state index in [-0.39, 0.29) is 17.2 Å². The number of rotatable bonds is 11. The van der Waals surface area contributed by atoms with Crippen LogP contribution in [-0.2, 0) is 0 Å². The van der Waals surface area contributed by atoms with Gasteiger partial charge in [-0.15, -0.1) is 0 Å². The third kappa shape index (κ3) is 5.57. The van der Waals surface area contributed by atoms with Gasteiger partial charge in [0.1, 0.15) is 5.82 Å². The smallest absolute Gasteiger partial charge is 0.123 e. The molecule has 1 fully saturated rings. The van der Waals surface area contributed by atoms with E-state index in [1.165, 1.54) is 69.3 Å². The highest BCUT2D eigenvalue weighted by Crippen LogP contribution is 2.55. The van der Waals surface area contributed by atoms with Crippen LogP contribution in [0.5, 0.6) is 0 Å². The molecule has 0 radical (unpaired) electrons. The number of fused-ring (bicyclic) bond motifs is 1. The molecule has 3 rings (SSSR count). The van der Waals surface area contributed by atoms with Gasteiger partial charge in [-0.2, -0.15) is 0 Å². The maximum Gasteiger partial charge on any atom is 0.123 e. The molecule has 32 heavy (non-hydrogen) atoms. The summed E-state index contributed by atoms with van der Waals surface area (Å²) in [6, 6.07) is 7.01. The standard InChI is InChI=1S/C28H42FN3/c1-5-8-26(32(15-6-2)16-7-3)17-22-9-10-23-18-27(21(20-30)19-28(22,23)4)31-25-13-11-24(29)12-14-25/h11-14,18,20-22,26,30H,5-10,15-17,19H2,1-4H3. The fraction of sp³-hybridized carbons (Fsp3) is 0.643. The number of halogens is 1. The van der Waals surface area contributed by atoms with Gasteiger partial charge < -0.3 is 10.3 Å². The van der Waals surface area contributed by atoms with Gasteiger partial charge in [0, 0.05) is 23.9 Å². The Kier molecular flexibility index (Phi) is 8.81. The molecule has 0 amide bonds. The SMILES string of the molecule is CCCC(CC1CCC2=CC(=Nc3ccc(F)cc3)C(C=N)CC21C)N(CCC)CCC. The Hall–Kier alpha value is -1.81. The largest absolute Gasteiger partial charge is 0.312 e. The number of aliphatic imine (C=N–C) groups is 1. The van der Waals surface area contributed by atoms with E-state index >= 15 is 0 Å². The molecule has 3 nitrogen and oxygen atoms in total. The maximum atomic E-state index is 13.3. The summed E-state index contributed by atoms with van der Waals surface area (Å²) in [5.74, 6) is 0.449. The van der Waals surface area contributed by atoms with Crippen LogP contribution in [0, 0.1) is 28.5 Å². The van der Waals surface area contributed by atoms with Crippen LogP contribution in [0.1, 0.15) is 79.1 Å². The van der Waals surface area contributed by atoms with Gasteiger partial charge >= 0.3 is 0 Å². The second kappa shape index (κ2) is 11.4. The van der Waals surface area contributed by atoms with Crippen molar-refractivity contribution < 1.29 is 4.39 Å². The van der Waals surface area contributed by atoms with Gasteiger partial charge in [-0.05, 0) is 99.7 Å². The van der Waals surface area contributed by atoms with Crippen molar-refractivity contribution in [2.45, 2.75) is 85.1 Å². The predicted molar refractivity (Wildman–Crippen MR) is 135 cm³/mol. The van der Waals surface area contributed by atoms with Gasteiger partial charge in [-0.25, -0.2) is 4.39 Å². The van der Waals surface area contributed by atoms with Gasteiger partial charge in [0.2, 0.25) is 0 Å². The van der Waals surface area contributed by atoms with E-state index in [1.54, 1.807) is 18.3 Å². The lowest BCUT2D eigenvalue weighted by Gasteiger charge is -2.42. The minimum atomic E-state index is -0.243. The highest BCUT2D eigenvalue weighted by atomic mass is 19.1. The first-order valence-electron chi connectivity index (χ1n) is 12.7. The van der Waals surface area contributed by atoms with Crippen LogP contribution >= 0.6 is 0 Å². The molecule has 1 N–H and O–H groups in total. The molecule has 0 heterocycles. The van der Waals surface area contributed by atoms with Gasteiger partial charge in [-0.3, -0.25) is 4.99 Å². The summed E-state index contributed by atoms with van der Waals surface area (Å²) >= 11 is 0. The Morgan fingerprint density at radius 3 is 2.44 bits per heavy atom. The Balaban J connectivity index is 1.84. The monoisotopic (exact) mass is 439 g/mol. The van der Waals surface area contributed by atoms with Crippen LogP contribution in [0.2, 0.25) is 0 Å². The Morgan fingerprint density at radius 1 is 1.16 bits per heavy atom. The van der Waals surface area contributed by atoms with E-state index in [0.29, 0.717) is 12.0 Å². The van der Waals surface area contributed by atoms with Crippen molar-refractivity contribution in [3.63, 3.8) is 0 Å². The molecule has 0 spiro atoms. The van der Waals surface area contributed by atoms with Crippen molar-refractivity contribution in [2.24, 2.45) is 22.2 Å². The zero-order valence-electron chi connectivity index (χ0n) is 20.5. The lowest BCUT2D eigenvalue weighted by molar-refractivity contribution is 0.124. The fourth-order valence-corrected chi connectivity index (χ4v) is 6.04. The fourth-order valence-electron chi connectivity index (χ4n) is 6.04. The average Bonchev–Trinajstić information content (AvgIpc) is 3.09. The van der Waals surface area contributed by atoms with Crippen LogP contribution in [-0.4, -0.2) is 36.0 Å². The number of allylic oxidation sites excluding steroid dienone is 2. The Morgan fingerprint density at radius 2 is 1.84 bits per heavy atom. The first kappa shape index (κ1) is 24.8. The summed E-state index contributed by atoms with van der Waals surface area (Å²) in [7, 11) is 0. The number of nitrogens with zero attached hydrogens (tertiary/aromatic N) is 2. The molecule has 4 atom stereocenters. The summed E-state index contributed by atoms with van der Waals surface area (Å²) < 4.78 is 13.3. The zero-order chi connectivity index (χ0) is 23.1. The van der Waals surface area contributed by atoms with Crippen molar-refractivity contribution in [3.05, 3.63) is 41.7 Å². The molecular weight excluding hydrogens is 397 g/mol. The molecule has 4 unspecified atom stereocenters. The molecule has 0 bridgehead atoms. The van der Waals surface area contributed by atoms with Gasteiger partial charge in [-0.1, -0.05) is 39.7 Å². The third-order valence-corrected chi connectivity index (χ3v) is 7.75. The van der Waals surface area contributed by atoms with E-state index in [4.69, 9.17) is 10.4 Å². The number of hydrogen-bond donors (Lipinski definition) is 1. The normalized spacial score (nSPS) is 27.4. The molecule has 0 aliphatic heterocycles. The highest BCUT2D eigenvalue weighted by Gasteiger charge is 2.47. The predicted octanol–water partition coefficient (Wildman–Crippen LogP) is 7.59. The van der Waals surface area contributed by atoms with Crippen LogP contribution < -0.4 is 0 Å². The van der Waals surface area contributed by atoms with Crippen LogP contribution in [0.3, 0.4) is 0 Å².